The summed E-state index contributed by atoms with van der Waals surface area (Å²) in [4.78, 5) is 29.1. The molecular weight excluding hydrogens is 318 g/mol. The lowest BCUT2D eigenvalue weighted by molar-refractivity contribution is 0.0796. The topological polar surface area (TPSA) is 85.4 Å². The SMILES string of the molecule is CC1CCN(CC(O)CNC(=O)c2c[nH]c(=O)c3ccccc23)CC1. The maximum absolute atomic E-state index is 12.5. The molecule has 3 rings (SSSR count). The minimum atomic E-state index is -0.605. The van der Waals surface area contributed by atoms with Gasteiger partial charge in [0.1, 0.15) is 0 Å². The van der Waals surface area contributed by atoms with Crippen molar-refractivity contribution in [2.24, 2.45) is 5.92 Å². The second-order valence-electron chi connectivity index (χ2n) is 6.92. The lowest BCUT2D eigenvalue weighted by atomic mass is 9.99. The van der Waals surface area contributed by atoms with Gasteiger partial charge in [0.25, 0.3) is 11.5 Å². The largest absolute Gasteiger partial charge is 0.390 e. The Morgan fingerprint density at radius 2 is 2.00 bits per heavy atom. The van der Waals surface area contributed by atoms with Gasteiger partial charge in [-0.05, 0) is 37.9 Å². The Hall–Kier alpha value is -2.18. The van der Waals surface area contributed by atoms with Gasteiger partial charge in [0, 0.05) is 30.1 Å². The maximum Gasteiger partial charge on any atom is 0.255 e. The molecule has 2 aromatic rings. The van der Waals surface area contributed by atoms with Crippen LogP contribution in [0.3, 0.4) is 0 Å². The molecular formula is C19H25N3O3. The van der Waals surface area contributed by atoms with E-state index in [-0.39, 0.29) is 18.0 Å². The summed E-state index contributed by atoms with van der Waals surface area (Å²) in [5.74, 6) is 0.459. The van der Waals surface area contributed by atoms with Crippen LogP contribution < -0.4 is 10.9 Å². The highest BCUT2D eigenvalue weighted by molar-refractivity contribution is 6.06. The van der Waals surface area contributed by atoms with Crippen LogP contribution in [-0.4, -0.2) is 53.2 Å². The van der Waals surface area contributed by atoms with Crippen LogP contribution >= 0.6 is 0 Å². The number of aliphatic hydroxyl groups is 1. The number of benzene rings is 1. The number of nitrogens with zero attached hydrogens (tertiary/aromatic N) is 1. The highest BCUT2D eigenvalue weighted by atomic mass is 16.3. The van der Waals surface area contributed by atoms with Gasteiger partial charge in [0.15, 0.2) is 0 Å². The summed E-state index contributed by atoms with van der Waals surface area (Å²) in [5, 5.41) is 14.1. The van der Waals surface area contributed by atoms with Crippen molar-refractivity contribution in [1.82, 2.24) is 15.2 Å². The summed E-state index contributed by atoms with van der Waals surface area (Å²) >= 11 is 0. The number of piperidine rings is 1. The van der Waals surface area contributed by atoms with Crippen molar-refractivity contribution in [1.29, 1.82) is 0 Å². The van der Waals surface area contributed by atoms with Crippen molar-refractivity contribution in [3.05, 3.63) is 46.4 Å². The van der Waals surface area contributed by atoms with Gasteiger partial charge in [0.2, 0.25) is 0 Å². The Morgan fingerprint density at radius 1 is 1.32 bits per heavy atom. The lowest BCUT2D eigenvalue weighted by Gasteiger charge is -2.31. The predicted octanol–water partition coefficient (Wildman–Crippen LogP) is 1.35. The normalized spacial score (nSPS) is 17.5. The molecule has 1 saturated heterocycles. The molecule has 0 aliphatic carbocycles. The number of aliphatic hydroxyl groups excluding tert-OH is 1. The van der Waals surface area contributed by atoms with Crippen molar-refractivity contribution in [3.63, 3.8) is 0 Å². The lowest BCUT2D eigenvalue weighted by Crippen LogP contribution is -2.43. The zero-order valence-electron chi connectivity index (χ0n) is 14.5. The monoisotopic (exact) mass is 343 g/mol. The van der Waals surface area contributed by atoms with Crippen LogP contribution in [0.1, 0.15) is 30.1 Å². The summed E-state index contributed by atoms with van der Waals surface area (Å²) < 4.78 is 0. The van der Waals surface area contributed by atoms with Gasteiger partial charge in [-0.1, -0.05) is 25.1 Å². The Morgan fingerprint density at radius 3 is 2.72 bits per heavy atom. The Balaban J connectivity index is 1.59. The summed E-state index contributed by atoms with van der Waals surface area (Å²) in [5.41, 5.74) is 0.195. The quantitative estimate of drug-likeness (QED) is 0.765. The number of hydrogen-bond acceptors (Lipinski definition) is 4. The number of hydrogen-bond donors (Lipinski definition) is 3. The van der Waals surface area contributed by atoms with Crippen LogP contribution in [0.5, 0.6) is 0 Å². The van der Waals surface area contributed by atoms with E-state index in [0.717, 1.165) is 31.8 Å². The molecule has 3 N–H and O–H groups in total. The summed E-state index contributed by atoms with van der Waals surface area (Å²) in [6.07, 6.45) is 3.13. The van der Waals surface area contributed by atoms with Crippen LogP contribution in [0.2, 0.25) is 0 Å². The Bertz CT molecular complexity index is 794. The van der Waals surface area contributed by atoms with Crippen LogP contribution in [0.15, 0.2) is 35.3 Å². The molecule has 1 amide bonds. The van der Waals surface area contributed by atoms with E-state index in [0.29, 0.717) is 22.9 Å². The molecule has 2 heterocycles. The van der Waals surface area contributed by atoms with Crippen molar-refractivity contribution in [3.8, 4) is 0 Å². The fraction of sp³-hybridized carbons (Fsp3) is 0.474. The number of aromatic amines is 1. The van der Waals surface area contributed by atoms with Crippen LogP contribution in [0, 0.1) is 5.92 Å². The van der Waals surface area contributed by atoms with Crippen LogP contribution in [0.4, 0.5) is 0 Å². The van der Waals surface area contributed by atoms with Crippen molar-refractivity contribution in [2.75, 3.05) is 26.2 Å². The van der Waals surface area contributed by atoms with Crippen LogP contribution in [0.25, 0.3) is 10.8 Å². The summed E-state index contributed by atoms with van der Waals surface area (Å²) in [6.45, 7) is 5.01. The number of aromatic nitrogens is 1. The van der Waals surface area contributed by atoms with E-state index in [1.807, 2.05) is 0 Å². The molecule has 25 heavy (non-hydrogen) atoms. The smallest absolute Gasteiger partial charge is 0.255 e. The molecule has 1 aliphatic rings. The number of fused-ring (bicyclic) bond motifs is 1. The number of pyridine rings is 1. The van der Waals surface area contributed by atoms with Crippen molar-refractivity contribution < 1.29 is 9.90 Å². The summed E-state index contributed by atoms with van der Waals surface area (Å²) in [7, 11) is 0. The minimum Gasteiger partial charge on any atom is -0.390 e. The highest BCUT2D eigenvalue weighted by Gasteiger charge is 2.19. The standard InChI is InChI=1S/C19H25N3O3/c1-13-6-8-22(9-7-13)12-14(23)10-20-19(25)17-11-21-18(24)16-5-3-2-4-15(16)17/h2-5,11,13-14,23H,6-10,12H2,1H3,(H,20,25)(H,21,24). The first-order chi connectivity index (χ1) is 12.0. The number of nitrogens with one attached hydrogen (secondary N) is 2. The van der Waals surface area contributed by atoms with E-state index >= 15 is 0 Å². The Labute approximate surface area is 146 Å². The average molecular weight is 343 g/mol. The number of amides is 1. The predicted molar refractivity (Wildman–Crippen MR) is 97.7 cm³/mol. The molecule has 1 aliphatic heterocycles. The van der Waals surface area contributed by atoms with E-state index < -0.39 is 6.10 Å². The molecule has 1 atom stereocenters. The first-order valence-corrected chi connectivity index (χ1v) is 8.83. The fourth-order valence-electron chi connectivity index (χ4n) is 3.31. The van der Waals surface area contributed by atoms with Gasteiger partial charge in [-0.3, -0.25) is 9.59 Å². The molecule has 6 heteroatoms. The first-order valence-electron chi connectivity index (χ1n) is 8.83. The third-order valence-electron chi connectivity index (χ3n) is 4.90. The molecule has 0 spiro atoms. The van der Waals surface area contributed by atoms with Gasteiger partial charge in [-0.2, -0.15) is 0 Å². The zero-order valence-corrected chi connectivity index (χ0v) is 14.5. The molecule has 0 saturated carbocycles. The van der Waals surface area contributed by atoms with Gasteiger partial charge >= 0.3 is 0 Å². The maximum atomic E-state index is 12.5. The number of H-pyrrole nitrogens is 1. The van der Waals surface area contributed by atoms with Gasteiger partial charge in [-0.25, -0.2) is 0 Å². The molecule has 1 unspecified atom stereocenters. The van der Waals surface area contributed by atoms with Crippen molar-refractivity contribution >= 4 is 16.7 Å². The summed E-state index contributed by atoms with van der Waals surface area (Å²) in [6, 6.07) is 7.01. The minimum absolute atomic E-state index is 0.193. The number of likely N-dealkylation sites (tertiary alicyclic amines) is 1. The second-order valence-corrected chi connectivity index (χ2v) is 6.92. The fourth-order valence-corrected chi connectivity index (χ4v) is 3.31. The molecule has 134 valence electrons. The number of rotatable bonds is 5. The van der Waals surface area contributed by atoms with E-state index in [1.165, 1.54) is 6.20 Å². The molecule has 1 aromatic heterocycles. The van der Waals surface area contributed by atoms with Gasteiger partial charge < -0.3 is 20.3 Å². The number of carbonyl (C=O) groups excluding carboxylic acids is 1. The van der Waals surface area contributed by atoms with E-state index in [9.17, 15) is 14.7 Å². The molecule has 1 fully saturated rings. The van der Waals surface area contributed by atoms with E-state index in [4.69, 9.17) is 0 Å². The third-order valence-corrected chi connectivity index (χ3v) is 4.90. The van der Waals surface area contributed by atoms with Crippen LogP contribution in [-0.2, 0) is 0 Å². The second kappa shape index (κ2) is 7.80. The van der Waals surface area contributed by atoms with E-state index in [1.54, 1.807) is 24.3 Å². The third kappa shape index (κ3) is 4.27. The average Bonchev–Trinajstić information content (AvgIpc) is 2.62. The van der Waals surface area contributed by atoms with Crippen molar-refractivity contribution in [2.45, 2.75) is 25.9 Å². The van der Waals surface area contributed by atoms with E-state index in [2.05, 4.69) is 22.1 Å². The molecule has 0 bridgehead atoms. The molecule has 0 radical (unpaired) electrons. The van der Waals surface area contributed by atoms with Gasteiger partial charge in [-0.15, -0.1) is 0 Å². The number of β-amino-alcohol motifs (C(OH)–C–C–N with tert-alkyl or cyclic N) is 1. The highest BCUT2D eigenvalue weighted by Crippen LogP contribution is 2.16. The van der Waals surface area contributed by atoms with Gasteiger partial charge in [0.05, 0.1) is 11.7 Å². The Kier molecular flexibility index (Phi) is 5.50. The molecule has 6 nitrogen and oxygen atoms in total. The number of carbonyl (C=O) groups is 1. The molecule has 1 aromatic carbocycles. The first kappa shape index (κ1) is 17.6. The zero-order chi connectivity index (χ0) is 17.8.